The summed E-state index contributed by atoms with van der Waals surface area (Å²) in [7, 11) is -4.07. The molecule has 0 aliphatic carbocycles. The van der Waals surface area contributed by atoms with Crippen LogP contribution in [0.4, 0.5) is 4.79 Å². The zero-order valence-electron chi connectivity index (χ0n) is 12.2. The van der Waals surface area contributed by atoms with Crippen LogP contribution in [0.5, 0.6) is 0 Å². The predicted octanol–water partition coefficient (Wildman–Crippen LogP) is 2.76. The molecule has 2 rings (SSSR count). The number of amides is 1. The van der Waals surface area contributed by atoms with Crippen molar-refractivity contribution in [3.63, 3.8) is 0 Å². The van der Waals surface area contributed by atoms with E-state index in [9.17, 15) is 13.2 Å². The summed E-state index contributed by atoms with van der Waals surface area (Å²) in [5.74, 6) is 0. The van der Waals surface area contributed by atoms with E-state index in [1.807, 2.05) is 6.92 Å². The highest BCUT2D eigenvalue weighted by Gasteiger charge is 2.43. The molecule has 1 heterocycles. The molecule has 1 atom stereocenters. The summed E-state index contributed by atoms with van der Waals surface area (Å²) < 4.78 is 34.2. The average Bonchev–Trinajstić information content (AvgIpc) is 2.76. The number of carbonyl (C=O) groups is 1. The van der Waals surface area contributed by atoms with Crippen molar-refractivity contribution in [2.45, 2.75) is 32.2 Å². The number of carbonyl (C=O) groups excluding carboxylic acids is 1. The molecule has 1 unspecified atom stereocenters. The van der Waals surface area contributed by atoms with Gasteiger partial charge in [-0.05, 0) is 30.5 Å². The van der Waals surface area contributed by atoms with E-state index >= 15 is 0 Å². The lowest BCUT2D eigenvalue weighted by molar-refractivity contribution is 0.118. The lowest BCUT2D eigenvalue weighted by Crippen LogP contribution is -2.41. The first kappa shape index (κ1) is 17.1. The Bertz CT molecular complexity index is 617. The second kappa shape index (κ2) is 7.30. The van der Waals surface area contributed by atoms with Crippen molar-refractivity contribution in [1.29, 1.82) is 0 Å². The molecule has 1 amide bonds. The Balaban J connectivity index is 2.09. The SMILES string of the molecule is CCCCOC(=O)N1C(Cc2ccc(Cl)cc2)COS1(=O)=O. The molecule has 6 nitrogen and oxygen atoms in total. The van der Waals surface area contributed by atoms with Crippen LogP contribution in [0, 0.1) is 0 Å². The van der Waals surface area contributed by atoms with Gasteiger partial charge in [-0.15, -0.1) is 0 Å². The van der Waals surface area contributed by atoms with Crippen molar-refractivity contribution in [3.05, 3.63) is 34.9 Å². The second-order valence-electron chi connectivity index (χ2n) is 4.99. The topological polar surface area (TPSA) is 72.9 Å². The molecule has 1 fully saturated rings. The van der Waals surface area contributed by atoms with E-state index in [1.54, 1.807) is 24.3 Å². The third-order valence-corrected chi connectivity index (χ3v) is 4.88. The fraction of sp³-hybridized carbons (Fsp3) is 0.500. The van der Waals surface area contributed by atoms with Crippen LogP contribution in [0.2, 0.25) is 5.02 Å². The minimum absolute atomic E-state index is 0.0756. The molecule has 1 aromatic rings. The number of nitrogens with zero attached hydrogens (tertiary/aromatic N) is 1. The highest BCUT2D eigenvalue weighted by molar-refractivity contribution is 7.85. The van der Waals surface area contributed by atoms with Crippen LogP contribution in [0.15, 0.2) is 24.3 Å². The van der Waals surface area contributed by atoms with E-state index in [0.29, 0.717) is 22.2 Å². The van der Waals surface area contributed by atoms with E-state index < -0.39 is 22.4 Å². The Morgan fingerprint density at radius 1 is 1.41 bits per heavy atom. The maximum atomic E-state index is 12.0. The van der Waals surface area contributed by atoms with Gasteiger partial charge in [-0.25, -0.2) is 4.79 Å². The largest absolute Gasteiger partial charge is 0.449 e. The summed E-state index contributed by atoms with van der Waals surface area (Å²) in [5.41, 5.74) is 0.862. The van der Waals surface area contributed by atoms with Gasteiger partial charge in [0.1, 0.15) is 0 Å². The molecular weight excluding hydrogens is 330 g/mol. The fourth-order valence-corrected chi connectivity index (χ4v) is 3.42. The minimum atomic E-state index is -4.07. The molecule has 0 spiro atoms. The summed E-state index contributed by atoms with van der Waals surface area (Å²) >= 11 is 5.82. The standard InChI is InChI=1S/C14H18ClNO5S/c1-2-3-8-20-14(17)16-13(10-21-22(16,18)19)9-11-4-6-12(15)7-5-11/h4-7,13H,2-3,8-10H2,1H3. The molecule has 0 bridgehead atoms. The minimum Gasteiger partial charge on any atom is -0.449 e. The Kier molecular flexibility index (Phi) is 5.66. The summed E-state index contributed by atoms with van der Waals surface area (Å²) in [6.45, 7) is 2.07. The summed E-state index contributed by atoms with van der Waals surface area (Å²) in [6.07, 6.45) is 0.997. The number of halogens is 1. The van der Waals surface area contributed by atoms with E-state index in [-0.39, 0.29) is 13.2 Å². The van der Waals surface area contributed by atoms with Crippen LogP contribution in [0.3, 0.4) is 0 Å². The zero-order chi connectivity index (χ0) is 16.2. The van der Waals surface area contributed by atoms with E-state index in [1.165, 1.54) is 0 Å². The molecule has 0 N–H and O–H groups in total. The lowest BCUT2D eigenvalue weighted by Gasteiger charge is -2.20. The van der Waals surface area contributed by atoms with Crippen LogP contribution in [0.1, 0.15) is 25.3 Å². The first-order valence-electron chi connectivity index (χ1n) is 7.04. The van der Waals surface area contributed by atoms with Crippen molar-refractivity contribution in [2.75, 3.05) is 13.2 Å². The number of hydrogen-bond donors (Lipinski definition) is 0. The highest BCUT2D eigenvalue weighted by Crippen LogP contribution is 2.23. The number of rotatable bonds is 5. The Labute approximate surface area is 135 Å². The van der Waals surface area contributed by atoms with Gasteiger partial charge in [-0.3, -0.25) is 4.18 Å². The molecular formula is C14H18ClNO5S. The van der Waals surface area contributed by atoms with Crippen molar-refractivity contribution < 1.29 is 22.1 Å². The molecule has 0 saturated carbocycles. The second-order valence-corrected chi connectivity index (χ2v) is 6.91. The molecule has 22 heavy (non-hydrogen) atoms. The van der Waals surface area contributed by atoms with E-state index in [2.05, 4.69) is 0 Å². The van der Waals surface area contributed by atoms with Gasteiger partial charge in [0, 0.05) is 5.02 Å². The quantitative estimate of drug-likeness (QED) is 0.766. The first-order valence-corrected chi connectivity index (χ1v) is 8.78. The van der Waals surface area contributed by atoms with Gasteiger partial charge in [0.15, 0.2) is 0 Å². The van der Waals surface area contributed by atoms with Gasteiger partial charge < -0.3 is 4.74 Å². The molecule has 0 aromatic heterocycles. The highest BCUT2D eigenvalue weighted by atomic mass is 35.5. The molecule has 8 heteroatoms. The van der Waals surface area contributed by atoms with Crippen molar-refractivity contribution >= 4 is 28.0 Å². The van der Waals surface area contributed by atoms with Gasteiger partial charge in [0.2, 0.25) is 0 Å². The summed E-state index contributed by atoms with van der Waals surface area (Å²) in [6, 6.07) is 6.39. The van der Waals surface area contributed by atoms with Crippen LogP contribution in [-0.2, 0) is 25.6 Å². The fourth-order valence-electron chi connectivity index (χ4n) is 2.11. The summed E-state index contributed by atoms with van der Waals surface area (Å²) in [4.78, 5) is 12.0. The Morgan fingerprint density at radius 2 is 2.09 bits per heavy atom. The zero-order valence-corrected chi connectivity index (χ0v) is 13.8. The first-order chi connectivity index (χ1) is 10.4. The third kappa shape index (κ3) is 4.12. The van der Waals surface area contributed by atoms with Crippen LogP contribution >= 0.6 is 11.6 Å². The molecule has 0 radical (unpaired) electrons. The average molecular weight is 348 g/mol. The molecule has 1 aromatic carbocycles. The van der Waals surface area contributed by atoms with E-state index in [0.717, 1.165) is 12.0 Å². The van der Waals surface area contributed by atoms with Gasteiger partial charge in [0.05, 0.1) is 19.3 Å². The molecule has 1 saturated heterocycles. The van der Waals surface area contributed by atoms with Crippen molar-refractivity contribution in [3.8, 4) is 0 Å². The van der Waals surface area contributed by atoms with Crippen LogP contribution in [-0.4, -0.2) is 38.1 Å². The van der Waals surface area contributed by atoms with Gasteiger partial charge in [0.25, 0.3) is 0 Å². The van der Waals surface area contributed by atoms with Crippen LogP contribution < -0.4 is 0 Å². The van der Waals surface area contributed by atoms with Gasteiger partial charge >= 0.3 is 16.4 Å². The smallest absolute Gasteiger partial charge is 0.425 e. The molecule has 1 aliphatic rings. The monoisotopic (exact) mass is 347 g/mol. The van der Waals surface area contributed by atoms with E-state index in [4.69, 9.17) is 20.5 Å². The maximum absolute atomic E-state index is 12.0. The number of unbranched alkanes of at least 4 members (excludes halogenated alkanes) is 1. The maximum Gasteiger partial charge on any atom is 0.425 e. The number of benzene rings is 1. The van der Waals surface area contributed by atoms with Gasteiger partial charge in [-0.2, -0.15) is 12.7 Å². The Hall–Kier alpha value is -1.31. The Morgan fingerprint density at radius 3 is 2.73 bits per heavy atom. The number of ether oxygens (including phenoxy) is 1. The lowest BCUT2D eigenvalue weighted by atomic mass is 10.1. The molecule has 122 valence electrons. The number of hydrogen-bond acceptors (Lipinski definition) is 5. The third-order valence-electron chi connectivity index (χ3n) is 3.27. The molecule has 1 aliphatic heterocycles. The van der Waals surface area contributed by atoms with Gasteiger partial charge in [-0.1, -0.05) is 37.1 Å². The van der Waals surface area contributed by atoms with Crippen LogP contribution in [0.25, 0.3) is 0 Å². The predicted molar refractivity (Wildman–Crippen MR) is 81.9 cm³/mol. The van der Waals surface area contributed by atoms with Crippen molar-refractivity contribution in [2.24, 2.45) is 0 Å². The van der Waals surface area contributed by atoms with Crippen molar-refractivity contribution in [1.82, 2.24) is 4.31 Å². The summed E-state index contributed by atoms with van der Waals surface area (Å²) in [5, 5.41) is 0.592. The normalized spacial score (nSPS) is 20.1.